The minimum absolute atomic E-state index is 0.0183. The molecule has 0 radical (unpaired) electrons. The van der Waals surface area contributed by atoms with Crippen LogP contribution in [0.3, 0.4) is 0 Å². The van der Waals surface area contributed by atoms with Crippen molar-refractivity contribution in [1.82, 2.24) is 10.3 Å². The summed E-state index contributed by atoms with van der Waals surface area (Å²) in [6.45, 7) is 3.47. The van der Waals surface area contributed by atoms with Crippen LogP contribution in [0.5, 0.6) is 0 Å². The van der Waals surface area contributed by atoms with E-state index in [4.69, 9.17) is 22.1 Å². The number of ether oxygens (including phenoxy) is 1. The molecule has 176 valence electrons. The van der Waals surface area contributed by atoms with Gasteiger partial charge in [0.05, 0.1) is 11.3 Å². The summed E-state index contributed by atoms with van der Waals surface area (Å²) in [5, 5.41) is 3.56. The van der Waals surface area contributed by atoms with Gasteiger partial charge in [0.15, 0.2) is 6.29 Å². The van der Waals surface area contributed by atoms with Gasteiger partial charge in [0.1, 0.15) is 12.4 Å². The molecule has 1 amide bonds. The molecule has 34 heavy (non-hydrogen) atoms. The van der Waals surface area contributed by atoms with Gasteiger partial charge in [-0.15, -0.1) is 0 Å². The molecule has 2 aromatic carbocycles. The number of piperidine rings is 1. The molecule has 0 aliphatic carbocycles. The first-order valence-corrected chi connectivity index (χ1v) is 11.6. The Bertz CT molecular complexity index is 1160. The van der Waals surface area contributed by atoms with Crippen LogP contribution in [0.25, 0.3) is 11.1 Å². The van der Waals surface area contributed by atoms with Crippen molar-refractivity contribution >= 4 is 35.5 Å². The molecule has 3 N–H and O–H groups in total. The average Bonchev–Trinajstić information content (AvgIpc) is 2.83. The average molecular weight is 479 g/mol. The third-order valence-corrected chi connectivity index (χ3v) is 6.15. The SMILES string of the molecule is Cc1cc(Cl)cc(-c2cnc(N)c(C=O)c2N2CCC(NC(=O)OCc3ccccc3)CC2)c1. The summed E-state index contributed by atoms with van der Waals surface area (Å²) in [5.74, 6) is 0.192. The van der Waals surface area contributed by atoms with Gasteiger partial charge < -0.3 is 20.7 Å². The van der Waals surface area contributed by atoms with Crippen LogP contribution < -0.4 is 16.0 Å². The van der Waals surface area contributed by atoms with Gasteiger partial charge in [-0.1, -0.05) is 48.0 Å². The number of aldehydes is 1. The highest BCUT2D eigenvalue weighted by Crippen LogP contribution is 2.37. The Morgan fingerprint density at radius 3 is 2.65 bits per heavy atom. The minimum atomic E-state index is -0.431. The molecule has 3 aromatic rings. The van der Waals surface area contributed by atoms with Crippen molar-refractivity contribution in [1.29, 1.82) is 0 Å². The molecule has 0 unspecified atom stereocenters. The highest BCUT2D eigenvalue weighted by molar-refractivity contribution is 6.31. The molecular formula is C26H27ClN4O3. The zero-order valence-corrected chi connectivity index (χ0v) is 19.7. The summed E-state index contributed by atoms with van der Waals surface area (Å²) in [7, 11) is 0. The van der Waals surface area contributed by atoms with E-state index >= 15 is 0 Å². The molecule has 8 heteroatoms. The van der Waals surface area contributed by atoms with Crippen molar-refractivity contribution in [3.63, 3.8) is 0 Å². The van der Waals surface area contributed by atoms with Crippen LogP contribution >= 0.6 is 11.6 Å². The number of anilines is 2. The number of pyridine rings is 1. The van der Waals surface area contributed by atoms with Crippen molar-refractivity contribution in [2.45, 2.75) is 32.4 Å². The molecule has 0 saturated carbocycles. The maximum Gasteiger partial charge on any atom is 0.407 e. The second-order valence-corrected chi connectivity index (χ2v) is 8.86. The lowest BCUT2D eigenvalue weighted by Gasteiger charge is -2.35. The predicted octanol–water partition coefficient (Wildman–Crippen LogP) is 5.00. The van der Waals surface area contributed by atoms with Crippen LogP contribution in [0, 0.1) is 6.92 Å². The number of alkyl carbamates (subject to hydrolysis) is 1. The monoisotopic (exact) mass is 478 g/mol. The minimum Gasteiger partial charge on any atom is -0.445 e. The summed E-state index contributed by atoms with van der Waals surface area (Å²) in [5.41, 5.74) is 10.8. The summed E-state index contributed by atoms with van der Waals surface area (Å²) in [4.78, 5) is 30.6. The zero-order chi connectivity index (χ0) is 24.1. The number of halogens is 1. The zero-order valence-electron chi connectivity index (χ0n) is 19.0. The molecule has 0 bridgehead atoms. The summed E-state index contributed by atoms with van der Waals surface area (Å²) < 4.78 is 5.35. The molecule has 1 aromatic heterocycles. The first kappa shape index (κ1) is 23.6. The molecule has 4 rings (SSSR count). The van der Waals surface area contributed by atoms with Gasteiger partial charge in [0.2, 0.25) is 0 Å². The number of nitrogens with two attached hydrogens (primary N) is 1. The predicted molar refractivity (Wildman–Crippen MR) is 134 cm³/mol. The first-order valence-electron chi connectivity index (χ1n) is 11.2. The van der Waals surface area contributed by atoms with E-state index in [1.807, 2.05) is 55.5 Å². The molecule has 2 heterocycles. The van der Waals surface area contributed by atoms with Crippen molar-refractivity contribution in [2.75, 3.05) is 23.7 Å². The third-order valence-electron chi connectivity index (χ3n) is 5.94. The number of nitrogen functional groups attached to an aromatic ring is 1. The Kier molecular flexibility index (Phi) is 7.33. The Labute approximate surface area is 203 Å². The summed E-state index contributed by atoms with van der Waals surface area (Å²) >= 11 is 6.30. The number of carbonyl (C=O) groups excluding carboxylic acids is 2. The molecule has 0 spiro atoms. The van der Waals surface area contributed by atoms with Crippen molar-refractivity contribution in [3.8, 4) is 11.1 Å². The lowest BCUT2D eigenvalue weighted by atomic mass is 9.97. The highest BCUT2D eigenvalue weighted by Gasteiger charge is 2.26. The van der Waals surface area contributed by atoms with E-state index < -0.39 is 6.09 Å². The van der Waals surface area contributed by atoms with Gasteiger partial charge in [-0.3, -0.25) is 4.79 Å². The van der Waals surface area contributed by atoms with Crippen molar-refractivity contribution in [3.05, 3.63) is 76.4 Å². The Balaban J connectivity index is 1.47. The van der Waals surface area contributed by atoms with E-state index in [9.17, 15) is 9.59 Å². The Hall–Kier alpha value is -3.58. The van der Waals surface area contributed by atoms with Crippen LogP contribution in [0.2, 0.25) is 5.02 Å². The van der Waals surface area contributed by atoms with Crippen LogP contribution in [0.1, 0.15) is 34.3 Å². The van der Waals surface area contributed by atoms with Gasteiger partial charge >= 0.3 is 6.09 Å². The molecule has 1 saturated heterocycles. The Morgan fingerprint density at radius 2 is 1.97 bits per heavy atom. The van der Waals surface area contributed by atoms with E-state index in [2.05, 4.69) is 15.2 Å². The van der Waals surface area contributed by atoms with Gasteiger partial charge in [-0.25, -0.2) is 9.78 Å². The largest absolute Gasteiger partial charge is 0.445 e. The highest BCUT2D eigenvalue weighted by atomic mass is 35.5. The van der Waals surface area contributed by atoms with Gasteiger partial charge in [0, 0.05) is 35.9 Å². The maximum absolute atomic E-state index is 12.3. The number of benzene rings is 2. The van der Waals surface area contributed by atoms with Gasteiger partial charge in [0.25, 0.3) is 0 Å². The van der Waals surface area contributed by atoms with Crippen molar-refractivity contribution < 1.29 is 14.3 Å². The number of rotatable bonds is 6. The van der Waals surface area contributed by atoms with E-state index in [0.29, 0.717) is 36.5 Å². The van der Waals surface area contributed by atoms with Gasteiger partial charge in [-0.2, -0.15) is 0 Å². The standard InChI is InChI=1S/C26H27ClN4O3/c1-17-11-19(13-20(27)12-17)22-14-29-25(28)23(15-32)24(22)31-9-7-21(8-10-31)30-26(33)34-16-18-5-3-2-4-6-18/h2-6,11-15,21H,7-10,16H2,1H3,(H2,28,29)(H,30,33). The molecule has 1 aliphatic rings. The number of amides is 1. The van der Waals surface area contributed by atoms with Gasteiger partial charge in [-0.05, 0) is 48.6 Å². The fourth-order valence-corrected chi connectivity index (χ4v) is 4.56. The number of nitrogens with zero attached hydrogens (tertiary/aromatic N) is 2. The van der Waals surface area contributed by atoms with E-state index in [1.54, 1.807) is 6.20 Å². The molecule has 1 fully saturated rings. The van der Waals surface area contributed by atoms with Crippen LogP contribution in [0.4, 0.5) is 16.3 Å². The first-order chi connectivity index (χ1) is 16.4. The fourth-order valence-electron chi connectivity index (χ4n) is 4.27. The van der Waals surface area contributed by atoms with Crippen LogP contribution in [-0.4, -0.2) is 36.5 Å². The van der Waals surface area contributed by atoms with Crippen molar-refractivity contribution in [2.24, 2.45) is 0 Å². The molecular weight excluding hydrogens is 452 g/mol. The molecule has 7 nitrogen and oxygen atoms in total. The van der Waals surface area contributed by atoms with Crippen LogP contribution in [-0.2, 0) is 11.3 Å². The number of hydrogen-bond donors (Lipinski definition) is 2. The number of aryl methyl sites for hydroxylation is 1. The number of aromatic nitrogens is 1. The molecule has 1 aliphatic heterocycles. The lowest BCUT2D eigenvalue weighted by Crippen LogP contribution is -2.45. The number of nitrogens with one attached hydrogen (secondary N) is 1. The number of hydrogen-bond acceptors (Lipinski definition) is 6. The number of carbonyl (C=O) groups is 2. The smallest absolute Gasteiger partial charge is 0.407 e. The quantitative estimate of drug-likeness (QED) is 0.484. The maximum atomic E-state index is 12.3. The van der Waals surface area contributed by atoms with Crippen LogP contribution in [0.15, 0.2) is 54.7 Å². The van der Waals surface area contributed by atoms with E-state index in [-0.39, 0.29) is 18.5 Å². The fraction of sp³-hybridized carbons (Fsp3) is 0.269. The third kappa shape index (κ3) is 5.48. The molecule has 0 atom stereocenters. The normalized spacial score (nSPS) is 14.0. The van der Waals surface area contributed by atoms with E-state index in [0.717, 1.165) is 34.2 Å². The topological polar surface area (TPSA) is 97.5 Å². The lowest BCUT2D eigenvalue weighted by molar-refractivity contribution is 0.112. The summed E-state index contributed by atoms with van der Waals surface area (Å²) in [6, 6.07) is 15.3. The Morgan fingerprint density at radius 1 is 1.24 bits per heavy atom. The summed E-state index contributed by atoms with van der Waals surface area (Å²) in [6.07, 6.45) is 3.42. The van der Waals surface area contributed by atoms with E-state index in [1.165, 1.54) is 0 Å². The second-order valence-electron chi connectivity index (χ2n) is 8.42. The second kappa shape index (κ2) is 10.6.